The topological polar surface area (TPSA) is 52.0 Å². The Balaban J connectivity index is 1.56. The van der Waals surface area contributed by atoms with Crippen molar-refractivity contribution in [2.75, 3.05) is 34.5 Å². The van der Waals surface area contributed by atoms with Crippen LogP contribution in [0.2, 0.25) is 0 Å². The van der Waals surface area contributed by atoms with Gasteiger partial charge in [0.05, 0.1) is 0 Å². The second kappa shape index (κ2) is 12.6. The lowest BCUT2D eigenvalue weighted by Gasteiger charge is -2.13. The molecule has 2 aromatic carbocycles. The summed E-state index contributed by atoms with van der Waals surface area (Å²) in [6.07, 6.45) is 0. The van der Waals surface area contributed by atoms with E-state index in [2.05, 4.69) is 37.4 Å². The third-order valence-corrected chi connectivity index (χ3v) is 10.1. The Labute approximate surface area is 184 Å². The van der Waals surface area contributed by atoms with Crippen LogP contribution in [0, 0.1) is 0 Å². The lowest BCUT2D eigenvalue weighted by molar-refractivity contribution is 1.16. The predicted molar refractivity (Wildman–Crippen MR) is 134 cm³/mol. The van der Waals surface area contributed by atoms with E-state index in [9.17, 15) is 0 Å². The third-order valence-electron chi connectivity index (χ3n) is 3.30. The molecule has 2 atom stereocenters. The zero-order valence-electron chi connectivity index (χ0n) is 14.3. The number of anilines is 2. The molecule has 0 aromatic heterocycles. The van der Waals surface area contributed by atoms with Gasteiger partial charge in [-0.15, -0.1) is 23.5 Å². The van der Waals surface area contributed by atoms with Crippen molar-refractivity contribution in [1.29, 1.82) is 0 Å². The molecule has 0 bridgehead atoms. The molecule has 8 heteroatoms. The molecular weight excluding hydrogens is 437 g/mol. The van der Waals surface area contributed by atoms with Crippen molar-refractivity contribution >= 4 is 81.7 Å². The Morgan fingerprint density at radius 2 is 1.04 bits per heavy atom. The van der Waals surface area contributed by atoms with E-state index in [1.807, 2.05) is 58.0 Å². The molecule has 2 aromatic rings. The van der Waals surface area contributed by atoms with E-state index in [1.54, 1.807) is 23.5 Å². The van der Waals surface area contributed by atoms with Gasteiger partial charge in [-0.3, -0.25) is 0 Å². The van der Waals surface area contributed by atoms with Gasteiger partial charge in [-0.1, -0.05) is 45.9 Å². The van der Waals surface area contributed by atoms with Gasteiger partial charge in [-0.25, -0.2) is 0 Å². The molecule has 0 radical (unpaired) electrons. The summed E-state index contributed by atoms with van der Waals surface area (Å²) in [4.78, 5) is 2.27. The smallest absolute Gasteiger partial charge is 0.0452 e. The molecule has 142 valence electrons. The van der Waals surface area contributed by atoms with E-state index in [-0.39, 0.29) is 0 Å². The van der Waals surface area contributed by atoms with Crippen LogP contribution >= 0.6 is 70.4 Å². The average Bonchev–Trinajstić information content (AvgIpc) is 2.64. The second-order valence-electron chi connectivity index (χ2n) is 5.57. The number of nitrogen functional groups attached to an aromatic ring is 2. The summed E-state index contributed by atoms with van der Waals surface area (Å²) in [7, 11) is 3.73. The van der Waals surface area contributed by atoms with Crippen LogP contribution < -0.4 is 11.5 Å². The first-order valence-electron chi connectivity index (χ1n) is 8.11. The van der Waals surface area contributed by atoms with Gasteiger partial charge in [0.1, 0.15) is 0 Å². The van der Waals surface area contributed by atoms with E-state index in [4.69, 9.17) is 11.5 Å². The SMILES string of the molecule is Nc1ccccc1SCC(S)CSSCC(S)CSc1ccccc1N. The molecule has 26 heavy (non-hydrogen) atoms. The monoisotopic (exact) mass is 460 g/mol. The van der Waals surface area contributed by atoms with Crippen LogP contribution in [-0.4, -0.2) is 33.5 Å². The molecule has 2 unspecified atom stereocenters. The Morgan fingerprint density at radius 1 is 0.654 bits per heavy atom. The fraction of sp³-hybridized carbons (Fsp3) is 0.333. The van der Waals surface area contributed by atoms with Gasteiger partial charge in [0.15, 0.2) is 0 Å². The van der Waals surface area contributed by atoms with Crippen molar-refractivity contribution in [3.05, 3.63) is 48.5 Å². The summed E-state index contributed by atoms with van der Waals surface area (Å²) in [5, 5.41) is 0.683. The summed E-state index contributed by atoms with van der Waals surface area (Å²) >= 11 is 12.9. The first-order chi connectivity index (χ1) is 12.6. The molecule has 0 heterocycles. The molecular formula is C18H24N2S6. The van der Waals surface area contributed by atoms with E-state index in [1.165, 1.54) is 0 Å². The largest absolute Gasteiger partial charge is 0.398 e. The van der Waals surface area contributed by atoms with Crippen LogP contribution in [0.5, 0.6) is 0 Å². The van der Waals surface area contributed by atoms with Gasteiger partial charge in [0.2, 0.25) is 0 Å². The maximum absolute atomic E-state index is 5.97. The number of thiol groups is 2. The summed E-state index contributed by atoms with van der Waals surface area (Å²) in [5.41, 5.74) is 13.6. The molecule has 0 saturated carbocycles. The molecule has 2 nitrogen and oxygen atoms in total. The number of hydrogen-bond donors (Lipinski definition) is 4. The standard InChI is InChI=1S/C18H24N2S6/c19-15-5-1-3-7-17(15)23-9-13(21)11-25-26-12-14(22)10-24-18-8-4-2-6-16(18)20/h1-8,13-14,21-22H,9-12,19-20H2. The Hall–Kier alpha value is 0.140. The highest BCUT2D eigenvalue weighted by molar-refractivity contribution is 8.76. The lowest BCUT2D eigenvalue weighted by Crippen LogP contribution is -2.08. The van der Waals surface area contributed by atoms with E-state index >= 15 is 0 Å². The second-order valence-corrected chi connectivity index (χ2v) is 11.7. The highest BCUT2D eigenvalue weighted by atomic mass is 33.1. The molecule has 0 aliphatic rings. The van der Waals surface area contributed by atoms with Gasteiger partial charge in [0, 0.05) is 54.7 Å². The number of rotatable bonds is 11. The highest BCUT2D eigenvalue weighted by Crippen LogP contribution is 2.32. The molecule has 0 fully saturated rings. The zero-order valence-corrected chi connectivity index (χ0v) is 19.3. The van der Waals surface area contributed by atoms with Gasteiger partial charge < -0.3 is 11.5 Å². The molecule has 2 rings (SSSR count). The van der Waals surface area contributed by atoms with Crippen LogP contribution in [0.3, 0.4) is 0 Å². The quantitative estimate of drug-likeness (QED) is 0.113. The molecule has 0 spiro atoms. The number of thioether (sulfide) groups is 2. The number of hydrogen-bond acceptors (Lipinski definition) is 8. The summed E-state index contributed by atoms with van der Waals surface area (Å²) in [5.74, 6) is 3.93. The van der Waals surface area contributed by atoms with Crippen LogP contribution in [-0.2, 0) is 0 Å². The Bertz CT molecular complexity index is 612. The summed E-state index contributed by atoms with van der Waals surface area (Å²) < 4.78 is 0. The minimum atomic E-state index is 0.342. The van der Waals surface area contributed by atoms with Crippen LogP contribution in [0.4, 0.5) is 11.4 Å². The Kier molecular flexibility index (Phi) is 10.8. The van der Waals surface area contributed by atoms with Gasteiger partial charge in [-0.2, -0.15) is 25.3 Å². The number of nitrogens with two attached hydrogens (primary N) is 2. The van der Waals surface area contributed by atoms with Crippen molar-refractivity contribution in [2.24, 2.45) is 0 Å². The Morgan fingerprint density at radius 3 is 1.42 bits per heavy atom. The predicted octanol–water partition coefficient (Wildman–Crippen LogP) is 5.71. The van der Waals surface area contributed by atoms with Crippen molar-refractivity contribution in [1.82, 2.24) is 0 Å². The highest BCUT2D eigenvalue weighted by Gasteiger charge is 2.09. The third kappa shape index (κ3) is 8.44. The fourth-order valence-corrected chi connectivity index (χ4v) is 7.85. The molecule has 4 N–H and O–H groups in total. The molecule has 0 saturated heterocycles. The molecule has 0 aliphatic carbocycles. The van der Waals surface area contributed by atoms with Gasteiger partial charge in [-0.05, 0) is 24.3 Å². The van der Waals surface area contributed by atoms with Gasteiger partial charge >= 0.3 is 0 Å². The molecule has 0 aliphatic heterocycles. The lowest BCUT2D eigenvalue weighted by atomic mass is 10.3. The first-order valence-corrected chi connectivity index (χ1v) is 13.6. The summed E-state index contributed by atoms with van der Waals surface area (Å²) in [6.45, 7) is 0. The maximum Gasteiger partial charge on any atom is 0.0452 e. The zero-order chi connectivity index (χ0) is 18.8. The molecule has 0 amide bonds. The maximum atomic E-state index is 5.97. The van der Waals surface area contributed by atoms with E-state index in [0.717, 1.165) is 44.2 Å². The number of para-hydroxylation sites is 2. The number of benzene rings is 2. The van der Waals surface area contributed by atoms with Crippen molar-refractivity contribution in [3.8, 4) is 0 Å². The van der Waals surface area contributed by atoms with Gasteiger partial charge in [0.25, 0.3) is 0 Å². The van der Waals surface area contributed by atoms with E-state index < -0.39 is 0 Å². The van der Waals surface area contributed by atoms with E-state index in [0.29, 0.717) is 10.5 Å². The summed E-state index contributed by atoms with van der Waals surface area (Å²) in [6, 6.07) is 16.0. The minimum Gasteiger partial charge on any atom is -0.398 e. The normalized spacial score (nSPS) is 13.5. The van der Waals surface area contributed by atoms with Crippen LogP contribution in [0.15, 0.2) is 58.3 Å². The first kappa shape index (κ1) is 22.4. The average molecular weight is 461 g/mol. The van der Waals surface area contributed by atoms with Crippen LogP contribution in [0.1, 0.15) is 0 Å². The van der Waals surface area contributed by atoms with Crippen LogP contribution in [0.25, 0.3) is 0 Å². The van der Waals surface area contributed by atoms with Crippen molar-refractivity contribution < 1.29 is 0 Å². The minimum absolute atomic E-state index is 0.342. The fourth-order valence-electron chi connectivity index (χ4n) is 1.95. The van der Waals surface area contributed by atoms with Crippen molar-refractivity contribution in [2.45, 2.75) is 20.3 Å². The van der Waals surface area contributed by atoms with Crippen molar-refractivity contribution in [3.63, 3.8) is 0 Å².